The van der Waals surface area contributed by atoms with E-state index in [0.717, 1.165) is 71.1 Å². The number of carbonyl (C=O) groups excluding carboxylic acids is 7. The largest absolute Gasteiger partial charge is 0.465 e. The standard InChI is InChI=1S/C34H45NO5.C29H37NO4.C25H27O2P.C4H8O/c1-9-21(2)31(22(3)18-24(5)33(38)40-34(6,7)8)35-32(37)23(4)19-30(36)39-20-29-27-16-12-10-14-25(27)26-15-11-13-17-28(26)29;1-5-19(2)28(20(3)11-10-16-31)30-29(33)21(4)17-27(32)34-18-26-24-14-8-6-12-22(24)23-13-7-9-15-25(23)26;1-20(24(26)27-25(2,3)4)28(21-14-8-5-9-15-21,22-16-10-6-11-17-22)23-18-12-7-13-19-23;1-2-4-5-3-1/h10-18,21-23,29,31H,9,19-20H2,1-8H3,(H,35,37);6-9,12-16,19-21,26,28H,5,10-11,17-18H2,1-4H3,(H,30,33);5-19H,1-4H3;1-4H2/b24-18+;;;/t21-,22-,23-,31+;19-,20-,21-,28+;;/m00../s1. The van der Waals surface area contributed by atoms with Crippen LogP contribution in [0.25, 0.3) is 22.3 Å². The molecule has 15 heteroatoms. The van der Waals surface area contributed by atoms with Crippen LogP contribution < -0.4 is 26.5 Å². The fourth-order valence-corrected chi connectivity index (χ4v) is 18.4. The Hall–Kier alpha value is -8.97. The van der Waals surface area contributed by atoms with Crippen LogP contribution in [0.3, 0.4) is 0 Å². The third-order valence-corrected chi connectivity index (χ3v) is 24.7. The molecule has 7 aromatic rings. The molecule has 0 saturated carbocycles. The highest BCUT2D eigenvalue weighted by atomic mass is 31.2. The van der Waals surface area contributed by atoms with Gasteiger partial charge in [0.1, 0.15) is 30.7 Å². The second kappa shape index (κ2) is 40.8. The molecule has 0 aromatic heterocycles. The predicted molar refractivity (Wildman–Crippen MR) is 435 cm³/mol. The summed E-state index contributed by atoms with van der Waals surface area (Å²) in [5.41, 5.74) is 8.76. The number of hydrogen-bond acceptors (Lipinski definition) is 12. The zero-order valence-corrected chi connectivity index (χ0v) is 67.1. The Kier molecular flexibility index (Phi) is 32.5. The predicted octanol–water partition coefficient (Wildman–Crippen LogP) is 17.6. The molecule has 2 aliphatic carbocycles. The fraction of sp³-hybridized carbons (Fsp3) is 0.435. The van der Waals surface area contributed by atoms with Crippen molar-refractivity contribution in [3.63, 3.8) is 0 Å². The zero-order chi connectivity index (χ0) is 78.0. The van der Waals surface area contributed by atoms with Crippen LogP contribution in [0.15, 0.2) is 200 Å². The van der Waals surface area contributed by atoms with Gasteiger partial charge in [0.15, 0.2) is 0 Å². The van der Waals surface area contributed by atoms with Gasteiger partial charge in [0.2, 0.25) is 11.8 Å². The van der Waals surface area contributed by atoms with E-state index in [1.165, 1.54) is 46.2 Å². The molecule has 572 valence electrons. The lowest BCUT2D eigenvalue weighted by atomic mass is 9.85. The number of amides is 2. The summed E-state index contributed by atoms with van der Waals surface area (Å²) in [4.78, 5) is 88.1. The van der Waals surface area contributed by atoms with Crippen molar-refractivity contribution in [2.24, 2.45) is 35.5 Å². The van der Waals surface area contributed by atoms with Crippen molar-refractivity contribution >= 4 is 70.1 Å². The molecule has 7 aromatic carbocycles. The number of benzene rings is 7. The van der Waals surface area contributed by atoms with E-state index < -0.39 is 35.9 Å². The Labute approximate surface area is 637 Å². The molecule has 1 fully saturated rings. The van der Waals surface area contributed by atoms with Crippen molar-refractivity contribution in [1.29, 1.82) is 0 Å². The van der Waals surface area contributed by atoms with Crippen molar-refractivity contribution in [2.75, 3.05) is 26.4 Å². The van der Waals surface area contributed by atoms with Gasteiger partial charge in [0, 0.05) is 66.3 Å². The summed E-state index contributed by atoms with van der Waals surface area (Å²) in [5, 5.41) is 10.5. The number of ether oxygens (including phenoxy) is 5. The topological polar surface area (TPSA) is 190 Å². The third-order valence-electron chi connectivity index (χ3n) is 20.3. The third kappa shape index (κ3) is 23.8. The summed E-state index contributed by atoms with van der Waals surface area (Å²) >= 11 is 0. The minimum atomic E-state index is -2.34. The highest BCUT2D eigenvalue weighted by Crippen LogP contribution is 2.48. The van der Waals surface area contributed by atoms with Crippen LogP contribution in [0.2, 0.25) is 0 Å². The van der Waals surface area contributed by atoms with Gasteiger partial charge in [-0.15, -0.1) is 0 Å². The molecule has 1 saturated heterocycles. The lowest BCUT2D eigenvalue weighted by Crippen LogP contribution is -2.46. The highest BCUT2D eigenvalue weighted by Gasteiger charge is 2.36. The molecule has 0 bridgehead atoms. The van der Waals surface area contributed by atoms with Gasteiger partial charge < -0.3 is 39.1 Å². The molecule has 107 heavy (non-hydrogen) atoms. The van der Waals surface area contributed by atoms with Gasteiger partial charge in [0.05, 0.1) is 12.8 Å². The van der Waals surface area contributed by atoms with Gasteiger partial charge in [-0.05, 0) is 166 Å². The Morgan fingerprint density at radius 1 is 0.477 bits per heavy atom. The average Bonchev–Trinajstić information content (AvgIpc) is 1.64. The van der Waals surface area contributed by atoms with Gasteiger partial charge >= 0.3 is 23.9 Å². The number of rotatable bonds is 27. The Morgan fingerprint density at radius 2 is 0.813 bits per heavy atom. The summed E-state index contributed by atoms with van der Waals surface area (Å²) in [5.74, 6) is -2.21. The second-order valence-corrected chi connectivity index (χ2v) is 34.4. The molecule has 1 aliphatic heterocycles. The van der Waals surface area contributed by atoms with E-state index in [4.69, 9.17) is 23.7 Å². The van der Waals surface area contributed by atoms with Crippen molar-refractivity contribution in [2.45, 2.75) is 197 Å². The molecule has 2 N–H and O–H groups in total. The van der Waals surface area contributed by atoms with E-state index in [1.54, 1.807) is 20.8 Å². The van der Waals surface area contributed by atoms with E-state index in [0.29, 0.717) is 12.0 Å². The van der Waals surface area contributed by atoms with Crippen LogP contribution in [-0.4, -0.2) is 97.0 Å². The maximum absolute atomic E-state index is 13.3. The summed E-state index contributed by atoms with van der Waals surface area (Å²) in [6.45, 7) is 31.0. The summed E-state index contributed by atoms with van der Waals surface area (Å²) in [6, 6.07) is 63.7. The molecular weight excluding hydrogens is 1360 g/mol. The van der Waals surface area contributed by atoms with Gasteiger partial charge in [0.25, 0.3) is 0 Å². The maximum Gasteiger partial charge on any atom is 0.335 e. The van der Waals surface area contributed by atoms with Crippen LogP contribution in [0.4, 0.5) is 0 Å². The van der Waals surface area contributed by atoms with E-state index >= 15 is 0 Å². The first-order valence-corrected chi connectivity index (χ1v) is 40.2. The Balaban J connectivity index is 0.000000219. The normalized spacial score (nSPS) is 15.3. The van der Waals surface area contributed by atoms with E-state index in [-0.39, 0.29) is 103 Å². The van der Waals surface area contributed by atoms with Gasteiger partial charge in [-0.2, -0.15) is 0 Å². The number of nitrogens with one attached hydrogen (secondary N) is 2. The van der Waals surface area contributed by atoms with Crippen LogP contribution in [0, 0.1) is 35.5 Å². The van der Waals surface area contributed by atoms with Gasteiger partial charge in [-0.3, -0.25) is 19.2 Å². The van der Waals surface area contributed by atoms with Crippen molar-refractivity contribution in [3.05, 3.63) is 222 Å². The lowest BCUT2D eigenvalue weighted by molar-refractivity contribution is -0.150. The summed E-state index contributed by atoms with van der Waals surface area (Å²) in [7, 11) is 0. The number of fused-ring (bicyclic) bond motifs is 6. The molecule has 3 aliphatic rings. The van der Waals surface area contributed by atoms with Crippen LogP contribution in [0.5, 0.6) is 0 Å². The fourth-order valence-electron chi connectivity index (χ4n) is 14.2. The second-order valence-electron chi connectivity index (χ2n) is 30.9. The smallest absolute Gasteiger partial charge is 0.335 e. The molecule has 2 amide bonds. The molecule has 0 spiro atoms. The monoisotopic (exact) mass is 1470 g/mol. The quantitative estimate of drug-likeness (QED) is 0.0163. The number of aldehydes is 1. The first kappa shape index (κ1) is 85.3. The average molecular weight is 1470 g/mol. The molecule has 0 unspecified atom stereocenters. The lowest BCUT2D eigenvalue weighted by Gasteiger charge is -2.32. The first-order chi connectivity index (χ1) is 51.0. The number of hydrogen-bond donors (Lipinski definition) is 2. The maximum atomic E-state index is 13.3. The minimum Gasteiger partial charge on any atom is -0.465 e. The summed E-state index contributed by atoms with van der Waals surface area (Å²) < 4.78 is 27.6. The zero-order valence-electron chi connectivity index (χ0n) is 66.2. The molecule has 0 radical (unpaired) electrons. The summed E-state index contributed by atoms with van der Waals surface area (Å²) in [6.07, 6.45) is 8.38. The minimum absolute atomic E-state index is 0.00374. The van der Waals surface area contributed by atoms with Crippen LogP contribution in [0.1, 0.15) is 196 Å². The van der Waals surface area contributed by atoms with E-state index in [9.17, 15) is 33.6 Å². The molecule has 8 atom stereocenters. The van der Waals surface area contributed by atoms with E-state index in [2.05, 4.69) is 130 Å². The first-order valence-electron chi connectivity index (χ1n) is 38.4. The van der Waals surface area contributed by atoms with Crippen LogP contribution >= 0.6 is 6.89 Å². The van der Waals surface area contributed by atoms with Crippen molar-refractivity contribution in [1.82, 2.24) is 10.6 Å². The van der Waals surface area contributed by atoms with Crippen LogP contribution in [-0.2, 0) is 57.2 Å². The molecule has 10 rings (SSSR count). The van der Waals surface area contributed by atoms with Gasteiger partial charge in [-0.1, -0.05) is 262 Å². The molecular formula is C92H117N2O12P. The highest BCUT2D eigenvalue weighted by molar-refractivity contribution is 7.96. The SMILES string of the molecule is C1CCOC1.CC(C(=O)OC(C)(C)C)=P(c1ccccc1)(c1ccccc1)c1ccccc1.CC[C@H](C)[C@@H](NC(=O)[C@@H](C)CC(=O)OCC1c2ccccc2-c2ccccc21)[C@@H](C)/C=C(\C)C(=O)OC(C)(C)C.CC[C@H](C)[C@@H](NC(=O)[C@@H](C)CC(=O)OCC1c2ccccc2-c2ccccc21)[C@@H](C)CCC=O. The number of carbonyl (C=O) groups is 7. The van der Waals surface area contributed by atoms with Gasteiger partial charge in [-0.25, -0.2) is 9.59 Å². The Bertz CT molecular complexity index is 3950. The van der Waals surface area contributed by atoms with Crippen molar-refractivity contribution < 1.29 is 57.2 Å². The molecule has 1 heterocycles. The Morgan fingerprint density at radius 3 is 1.15 bits per heavy atom. The number of esters is 4. The van der Waals surface area contributed by atoms with Crippen molar-refractivity contribution in [3.8, 4) is 22.3 Å². The van der Waals surface area contributed by atoms with E-state index in [1.807, 2.05) is 165 Å². The molecule has 14 nitrogen and oxygen atoms in total.